The fourth-order valence-corrected chi connectivity index (χ4v) is 5.65. The Bertz CT molecular complexity index is 1230. The Hall–Kier alpha value is -3.50. The highest BCUT2D eigenvalue weighted by molar-refractivity contribution is 8.01. The zero-order valence-electron chi connectivity index (χ0n) is 17.8. The number of carbonyl (C=O) groups excluding carboxylic acids is 1. The molecule has 1 unspecified atom stereocenters. The number of para-hydroxylation sites is 1. The Labute approximate surface area is 192 Å². The molecule has 32 heavy (non-hydrogen) atoms. The van der Waals surface area contributed by atoms with Crippen molar-refractivity contribution in [1.29, 1.82) is 0 Å². The molecular formula is C28H23NO2S. The maximum atomic E-state index is 14.3. The number of hydrogen-bond acceptors (Lipinski definition) is 3. The lowest BCUT2D eigenvalue weighted by Gasteiger charge is -2.29. The van der Waals surface area contributed by atoms with Gasteiger partial charge in [0.1, 0.15) is 5.75 Å². The van der Waals surface area contributed by atoms with Gasteiger partial charge in [-0.1, -0.05) is 90.6 Å². The van der Waals surface area contributed by atoms with E-state index in [2.05, 4.69) is 30.3 Å². The average Bonchev–Trinajstić information content (AvgIpc) is 3.09. The van der Waals surface area contributed by atoms with Crippen LogP contribution in [0.2, 0.25) is 0 Å². The lowest BCUT2D eigenvalue weighted by Crippen LogP contribution is -2.38. The van der Waals surface area contributed by atoms with Crippen molar-refractivity contribution in [3.05, 3.63) is 126 Å². The van der Waals surface area contributed by atoms with Crippen molar-refractivity contribution in [2.75, 3.05) is 12.0 Å². The summed E-state index contributed by atoms with van der Waals surface area (Å²) >= 11 is 1.61. The lowest BCUT2D eigenvalue weighted by molar-refractivity contribution is -0.119. The Morgan fingerprint density at radius 2 is 1.41 bits per heavy atom. The van der Waals surface area contributed by atoms with Gasteiger partial charge in [0.2, 0.25) is 0 Å². The first-order chi connectivity index (χ1) is 15.7. The molecule has 1 heterocycles. The van der Waals surface area contributed by atoms with Gasteiger partial charge in [-0.3, -0.25) is 4.79 Å². The van der Waals surface area contributed by atoms with Gasteiger partial charge in [-0.15, -0.1) is 0 Å². The first-order valence-corrected chi connectivity index (χ1v) is 11.4. The maximum Gasteiger partial charge on any atom is 0.253 e. The van der Waals surface area contributed by atoms with E-state index in [1.165, 1.54) is 0 Å². The SMILES string of the molecule is COc1ccc(CN2C(=O)C(Sc3ccccc3)(c3ccccc3)c3ccccc32)cc1. The van der Waals surface area contributed by atoms with Crippen LogP contribution >= 0.6 is 11.8 Å². The van der Waals surface area contributed by atoms with Crippen molar-refractivity contribution in [2.24, 2.45) is 0 Å². The van der Waals surface area contributed by atoms with Gasteiger partial charge in [0.25, 0.3) is 5.91 Å². The number of carbonyl (C=O) groups is 1. The van der Waals surface area contributed by atoms with E-state index in [1.54, 1.807) is 18.9 Å². The second kappa shape index (κ2) is 8.56. The van der Waals surface area contributed by atoms with E-state index in [-0.39, 0.29) is 5.91 Å². The molecule has 0 N–H and O–H groups in total. The standard InChI is InChI=1S/C28H23NO2S/c1-31-23-18-16-21(17-19-23)20-29-26-15-9-8-14-25(26)28(27(29)30,22-10-4-2-5-11-22)32-24-12-6-3-7-13-24/h2-19H,20H2,1H3. The molecule has 1 atom stereocenters. The molecule has 3 nitrogen and oxygen atoms in total. The molecule has 1 aliphatic heterocycles. The molecule has 0 saturated carbocycles. The number of thioether (sulfide) groups is 1. The molecule has 0 fully saturated rings. The van der Waals surface area contributed by atoms with Crippen LogP contribution < -0.4 is 9.64 Å². The molecule has 0 spiro atoms. The molecular weight excluding hydrogens is 414 g/mol. The fourth-order valence-electron chi connectivity index (χ4n) is 4.27. The van der Waals surface area contributed by atoms with Crippen molar-refractivity contribution in [1.82, 2.24) is 0 Å². The minimum atomic E-state index is -0.842. The van der Waals surface area contributed by atoms with Crippen LogP contribution in [-0.4, -0.2) is 13.0 Å². The number of methoxy groups -OCH3 is 1. The van der Waals surface area contributed by atoms with Crippen LogP contribution in [0.15, 0.2) is 114 Å². The summed E-state index contributed by atoms with van der Waals surface area (Å²) in [5.74, 6) is 0.884. The third kappa shape index (κ3) is 3.47. The molecule has 4 aromatic rings. The quantitative estimate of drug-likeness (QED) is 0.356. The van der Waals surface area contributed by atoms with Crippen LogP contribution in [0, 0.1) is 0 Å². The second-order valence-electron chi connectivity index (χ2n) is 7.72. The van der Waals surface area contributed by atoms with Gasteiger partial charge in [-0.25, -0.2) is 0 Å². The van der Waals surface area contributed by atoms with Crippen molar-refractivity contribution < 1.29 is 9.53 Å². The summed E-state index contributed by atoms with van der Waals surface area (Å²) in [5.41, 5.74) is 4.03. The number of ether oxygens (including phenoxy) is 1. The average molecular weight is 438 g/mol. The predicted octanol–water partition coefficient (Wildman–Crippen LogP) is 6.28. The number of amides is 1. The van der Waals surface area contributed by atoms with Crippen molar-refractivity contribution in [3.8, 4) is 5.75 Å². The number of nitrogens with zero attached hydrogens (tertiary/aromatic N) is 1. The van der Waals surface area contributed by atoms with Crippen LogP contribution in [-0.2, 0) is 16.1 Å². The van der Waals surface area contributed by atoms with E-state index >= 15 is 0 Å². The highest BCUT2D eigenvalue weighted by Crippen LogP contribution is 2.55. The fraction of sp³-hybridized carbons (Fsp3) is 0.107. The summed E-state index contributed by atoms with van der Waals surface area (Å²) in [4.78, 5) is 17.3. The van der Waals surface area contributed by atoms with Crippen molar-refractivity contribution in [3.63, 3.8) is 0 Å². The van der Waals surface area contributed by atoms with Gasteiger partial charge in [-0.2, -0.15) is 0 Å². The third-order valence-electron chi connectivity index (χ3n) is 5.81. The largest absolute Gasteiger partial charge is 0.497 e. The molecule has 4 heteroatoms. The van der Waals surface area contributed by atoms with Gasteiger partial charge >= 0.3 is 0 Å². The third-order valence-corrected chi connectivity index (χ3v) is 7.26. The van der Waals surface area contributed by atoms with Gasteiger partial charge < -0.3 is 9.64 Å². The molecule has 158 valence electrons. The lowest BCUT2D eigenvalue weighted by atomic mass is 9.91. The van der Waals surface area contributed by atoms with Crippen LogP contribution in [0.3, 0.4) is 0 Å². The van der Waals surface area contributed by atoms with Gasteiger partial charge in [0, 0.05) is 16.1 Å². The molecule has 1 aliphatic rings. The second-order valence-corrected chi connectivity index (χ2v) is 9.01. The minimum Gasteiger partial charge on any atom is -0.497 e. The van der Waals surface area contributed by atoms with Gasteiger partial charge in [-0.05, 0) is 41.5 Å². The van der Waals surface area contributed by atoms with Crippen LogP contribution in [0.25, 0.3) is 0 Å². The molecule has 0 saturated heterocycles. The maximum absolute atomic E-state index is 14.3. The first-order valence-electron chi connectivity index (χ1n) is 10.6. The minimum absolute atomic E-state index is 0.0783. The van der Waals surface area contributed by atoms with E-state index in [4.69, 9.17) is 4.74 Å². The predicted molar refractivity (Wildman–Crippen MR) is 130 cm³/mol. The summed E-state index contributed by atoms with van der Waals surface area (Å²) in [6, 6.07) is 36.3. The Kier molecular flexibility index (Phi) is 5.46. The van der Waals surface area contributed by atoms with Gasteiger partial charge in [0.15, 0.2) is 4.75 Å². The summed E-state index contributed by atoms with van der Waals surface area (Å²) in [7, 11) is 1.66. The van der Waals surface area contributed by atoms with E-state index in [1.807, 2.05) is 83.8 Å². The highest BCUT2D eigenvalue weighted by atomic mass is 32.2. The molecule has 0 aromatic heterocycles. The topological polar surface area (TPSA) is 29.5 Å². The zero-order chi connectivity index (χ0) is 22.0. The molecule has 4 aromatic carbocycles. The number of fused-ring (bicyclic) bond motifs is 1. The van der Waals surface area contributed by atoms with Crippen molar-refractivity contribution in [2.45, 2.75) is 16.2 Å². The Morgan fingerprint density at radius 1 is 0.781 bits per heavy atom. The molecule has 0 radical (unpaired) electrons. The number of benzene rings is 4. The summed E-state index contributed by atoms with van der Waals surface area (Å²) in [6.45, 7) is 0.504. The van der Waals surface area contributed by atoms with E-state index in [0.717, 1.165) is 33.0 Å². The Balaban J connectivity index is 1.64. The van der Waals surface area contributed by atoms with Crippen LogP contribution in [0.4, 0.5) is 5.69 Å². The molecule has 1 amide bonds. The molecule has 5 rings (SSSR count). The number of anilines is 1. The Morgan fingerprint density at radius 3 is 2.09 bits per heavy atom. The van der Waals surface area contributed by atoms with Crippen LogP contribution in [0.1, 0.15) is 16.7 Å². The van der Waals surface area contributed by atoms with E-state index < -0.39 is 4.75 Å². The van der Waals surface area contributed by atoms with Crippen LogP contribution in [0.5, 0.6) is 5.75 Å². The summed E-state index contributed by atoms with van der Waals surface area (Å²) in [5, 5.41) is 0. The number of hydrogen-bond donors (Lipinski definition) is 0. The van der Waals surface area contributed by atoms with Crippen molar-refractivity contribution >= 4 is 23.4 Å². The highest BCUT2D eigenvalue weighted by Gasteiger charge is 2.52. The number of rotatable bonds is 6. The summed E-state index contributed by atoms with van der Waals surface area (Å²) < 4.78 is 4.45. The van der Waals surface area contributed by atoms with E-state index in [0.29, 0.717) is 6.54 Å². The monoisotopic (exact) mass is 437 g/mol. The normalized spacial score (nSPS) is 17.3. The first kappa shape index (κ1) is 20.4. The zero-order valence-corrected chi connectivity index (χ0v) is 18.6. The molecule has 0 bridgehead atoms. The van der Waals surface area contributed by atoms with Gasteiger partial charge in [0.05, 0.1) is 13.7 Å². The van der Waals surface area contributed by atoms with E-state index in [9.17, 15) is 4.79 Å². The molecule has 0 aliphatic carbocycles. The summed E-state index contributed by atoms with van der Waals surface area (Å²) in [6.07, 6.45) is 0. The smallest absolute Gasteiger partial charge is 0.253 e.